The Morgan fingerprint density at radius 1 is 1.18 bits per heavy atom. The highest BCUT2D eigenvalue weighted by Gasteiger charge is 2.35. The van der Waals surface area contributed by atoms with Crippen LogP contribution in [0, 0.1) is 0 Å². The number of aromatic nitrogens is 3. The standard InChI is InChI=1S/C20H22N4O4/c1-12-16(19(27)28-15-5-3-2-4-6-15)17(24-20(23-12)21-11-22-24)13-7-9-14(10-8-13)18(25)26/h7-11,15,17H,2-6H2,1H3,(H,25,26)(H,21,22,23). The number of rotatable bonds is 4. The summed E-state index contributed by atoms with van der Waals surface area (Å²) in [5.41, 5.74) is 2.05. The van der Waals surface area contributed by atoms with Gasteiger partial charge in [0.25, 0.3) is 0 Å². The fourth-order valence-electron chi connectivity index (χ4n) is 3.87. The number of carbonyl (C=O) groups is 2. The predicted octanol–water partition coefficient (Wildman–Crippen LogP) is 3.14. The maximum Gasteiger partial charge on any atom is 0.338 e. The molecule has 1 saturated carbocycles. The molecule has 146 valence electrons. The Kier molecular flexibility index (Phi) is 4.85. The number of hydrogen-bond acceptors (Lipinski definition) is 6. The maximum absolute atomic E-state index is 13.1. The largest absolute Gasteiger partial charge is 0.478 e. The van der Waals surface area contributed by atoms with Gasteiger partial charge in [-0.25, -0.2) is 14.3 Å². The van der Waals surface area contributed by atoms with Gasteiger partial charge in [-0.15, -0.1) is 0 Å². The number of nitrogens with zero attached hydrogens (tertiary/aromatic N) is 3. The lowest BCUT2D eigenvalue weighted by Gasteiger charge is -2.30. The lowest BCUT2D eigenvalue weighted by Crippen LogP contribution is -2.32. The van der Waals surface area contributed by atoms with Crippen LogP contribution in [0.15, 0.2) is 41.9 Å². The second-order valence-electron chi connectivity index (χ2n) is 7.19. The topological polar surface area (TPSA) is 106 Å². The number of nitrogens with one attached hydrogen (secondary N) is 1. The highest BCUT2D eigenvalue weighted by Crippen LogP contribution is 2.36. The van der Waals surface area contributed by atoms with Crippen LogP contribution in [-0.2, 0) is 9.53 Å². The van der Waals surface area contributed by atoms with E-state index in [0.717, 1.165) is 31.2 Å². The van der Waals surface area contributed by atoms with Crippen LogP contribution < -0.4 is 5.32 Å². The molecule has 2 N–H and O–H groups in total. The van der Waals surface area contributed by atoms with E-state index in [4.69, 9.17) is 9.84 Å². The van der Waals surface area contributed by atoms with Gasteiger partial charge in [-0.2, -0.15) is 10.1 Å². The zero-order valence-corrected chi connectivity index (χ0v) is 15.6. The van der Waals surface area contributed by atoms with E-state index in [2.05, 4.69) is 15.4 Å². The third kappa shape index (κ3) is 3.37. The number of carboxylic acid groups (broad SMARTS) is 1. The van der Waals surface area contributed by atoms with Gasteiger partial charge >= 0.3 is 11.9 Å². The zero-order chi connectivity index (χ0) is 19.7. The molecule has 0 spiro atoms. The highest BCUT2D eigenvalue weighted by atomic mass is 16.5. The first kappa shape index (κ1) is 18.2. The van der Waals surface area contributed by atoms with Crippen molar-refractivity contribution >= 4 is 17.9 Å². The summed E-state index contributed by atoms with van der Waals surface area (Å²) >= 11 is 0. The van der Waals surface area contributed by atoms with Crippen molar-refractivity contribution in [3.63, 3.8) is 0 Å². The molecule has 1 aliphatic heterocycles. The molecule has 28 heavy (non-hydrogen) atoms. The molecule has 1 atom stereocenters. The summed E-state index contributed by atoms with van der Waals surface area (Å²) in [5.74, 6) is -0.841. The fourth-order valence-corrected chi connectivity index (χ4v) is 3.87. The molecule has 8 heteroatoms. The van der Waals surface area contributed by atoms with Crippen LogP contribution in [0.2, 0.25) is 0 Å². The summed E-state index contributed by atoms with van der Waals surface area (Å²) in [6.45, 7) is 1.81. The average Bonchev–Trinajstić information content (AvgIpc) is 3.15. The minimum absolute atomic E-state index is 0.0614. The third-order valence-corrected chi connectivity index (χ3v) is 5.31. The van der Waals surface area contributed by atoms with Gasteiger partial charge < -0.3 is 15.2 Å². The number of anilines is 1. The lowest BCUT2D eigenvalue weighted by atomic mass is 9.94. The highest BCUT2D eigenvalue weighted by molar-refractivity contribution is 5.92. The van der Waals surface area contributed by atoms with E-state index in [1.165, 1.54) is 24.9 Å². The second-order valence-corrected chi connectivity index (χ2v) is 7.19. The van der Waals surface area contributed by atoms with Crippen molar-refractivity contribution in [1.29, 1.82) is 0 Å². The number of ether oxygens (including phenoxy) is 1. The van der Waals surface area contributed by atoms with Crippen molar-refractivity contribution < 1.29 is 19.4 Å². The van der Waals surface area contributed by atoms with Gasteiger partial charge in [-0.05, 0) is 50.3 Å². The number of carboxylic acids is 1. The first-order chi connectivity index (χ1) is 13.5. The van der Waals surface area contributed by atoms with E-state index < -0.39 is 12.0 Å². The molecule has 1 aromatic heterocycles. The van der Waals surface area contributed by atoms with Crippen LogP contribution in [0.1, 0.15) is 61.0 Å². The number of esters is 1. The van der Waals surface area contributed by atoms with Crippen LogP contribution in [0.4, 0.5) is 5.95 Å². The van der Waals surface area contributed by atoms with Gasteiger partial charge in [-0.3, -0.25) is 0 Å². The molecular formula is C20H22N4O4. The minimum Gasteiger partial charge on any atom is -0.478 e. The quantitative estimate of drug-likeness (QED) is 0.782. The molecule has 0 amide bonds. The van der Waals surface area contributed by atoms with E-state index in [1.807, 2.05) is 6.92 Å². The SMILES string of the molecule is CC1=C(C(=O)OC2CCCCC2)C(c2ccc(C(=O)O)cc2)n2ncnc2N1. The van der Waals surface area contributed by atoms with Gasteiger partial charge in [0.1, 0.15) is 18.5 Å². The Morgan fingerprint density at radius 3 is 2.57 bits per heavy atom. The molecule has 2 heterocycles. The second kappa shape index (κ2) is 7.46. The molecule has 0 saturated heterocycles. The molecule has 1 aliphatic carbocycles. The number of fused-ring (bicyclic) bond motifs is 1. The van der Waals surface area contributed by atoms with Crippen LogP contribution in [0.25, 0.3) is 0 Å². The van der Waals surface area contributed by atoms with Gasteiger partial charge in [0.15, 0.2) is 0 Å². The summed E-state index contributed by atoms with van der Waals surface area (Å²) in [7, 11) is 0. The summed E-state index contributed by atoms with van der Waals surface area (Å²) < 4.78 is 7.44. The van der Waals surface area contributed by atoms with Gasteiger partial charge in [0, 0.05) is 5.70 Å². The fraction of sp³-hybridized carbons (Fsp3) is 0.400. The first-order valence-electron chi connectivity index (χ1n) is 9.46. The van der Waals surface area contributed by atoms with Crippen molar-refractivity contribution in [3.05, 3.63) is 53.0 Å². The van der Waals surface area contributed by atoms with Crippen LogP contribution in [0.5, 0.6) is 0 Å². The number of hydrogen-bond donors (Lipinski definition) is 2. The van der Waals surface area contributed by atoms with Gasteiger partial charge in [0.05, 0.1) is 11.1 Å². The monoisotopic (exact) mass is 382 g/mol. The molecule has 2 aliphatic rings. The lowest BCUT2D eigenvalue weighted by molar-refractivity contribution is -0.146. The zero-order valence-electron chi connectivity index (χ0n) is 15.6. The molecule has 1 fully saturated rings. The Morgan fingerprint density at radius 2 is 1.89 bits per heavy atom. The molecule has 2 aromatic rings. The molecule has 0 bridgehead atoms. The summed E-state index contributed by atoms with van der Waals surface area (Å²) in [5, 5.41) is 16.5. The average molecular weight is 382 g/mol. The van der Waals surface area contributed by atoms with E-state index in [-0.39, 0.29) is 17.6 Å². The van der Waals surface area contributed by atoms with E-state index in [9.17, 15) is 9.59 Å². The molecule has 0 radical (unpaired) electrons. The van der Waals surface area contributed by atoms with Crippen molar-refractivity contribution in [3.8, 4) is 0 Å². The Hall–Kier alpha value is -3.16. The molecule has 1 aromatic carbocycles. The number of carbonyl (C=O) groups excluding carboxylic acids is 1. The normalized spacial score (nSPS) is 19.7. The Labute approximate surface area is 162 Å². The van der Waals surface area contributed by atoms with Crippen molar-refractivity contribution in [2.45, 2.75) is 51.2 Å². The summed E-state index contributed by atoms with van der Waals surface area (Å²) in [6, 6.07) is 5.92. The van der Waals surface area contributed by atoms with Crippen molar-refractivity contribution in [2.24, 2.45) is 0 Å². The number of allylic oxidation sites excluding steroid dienone is 1. The molecule has 8 nitrogen and oxygen atoms in total. The van der Waals surface area contributed by atoms with Crippen molar-refractivity contribution in [1.82, 2.24) is 14.8 Å². The van der Waals surface area contributed by atoms with Gasteiger partial charge in [0.2, 0.25) is 5.95 Å². The summed E-state index contributed by atoms with van der Waals surface area (Å²) in [6.07, 6.45) is 6.45. The first-order valence-corrected chi connectivity index (χ1v) is 9.46. The van der Waals surface area contributed by atoms with Crippen LogP contribution in [-0.4, -0.2) is 37.9 Å². The smallest absolute Gasteiger partial charge is 0.338 e. The third-order valence-electron chi connectivity index (χ3n) is 5.31. The van der Waals surface area contributed by atoms with Crippen LogP contribution in [0.3, 0.4) is 0 Å². The number of aromatic carboxylic acids is 1. The Bertz CT molecular complexity index is 926. The van der Waals surface area contributed by atoms with Crippen molar-refractivity contribution in [2.75, 3.05) is 5.32 Å². The van der Waals surface area contributed by atoms with E-state index >= 15 is 0 Å². The predicted molar refractivity (Wildman–Crippen MR) is 101 cm³/mol. The Balaban J connectivity index is 1.69. The van der Waals surface area contributed by atoms with E-state index in [0.29, 0.717) is 17.2 Å². The van der Waals surface area contributed by atoms with Gasteiger partial charge in [-0.1, -0.05) is 18.6 Å². The van der Waals surface area contributed by atoms with Crippen LogP contribution >= 0.6 is 0 Å². The summed E-state index contributed by atoms with van der Waals surface area (Å²) in [4.78, 5) is 28.5. The molecular weight excluding hydrogens is 360 g/mol. The molecule has 4 rings (SSSR count). The van der Waals surface area contributed by atoms with E-state index in [1.54, 1.807) is 16.8 Å². The number of benzene rings is 1. The maximum atomic E-state index is 13.1. The minimum atomic E-state index is -0.998. The molecule has 1 unspecified atom stereocenters.